The fourth-order valence-corrected chi connectivity index (χ4v) is 7.73. The highest BCUT2D eigenvalue weighted by molar-refractivity contribution is 7.93. The third-order valence-electron chi connectivity index (χ3n) is 8.47. The zero-order valence-electron chi connectivity index (χ0n) is 23.9. The van der Waals surface area contributed by atoms with Crippen molar-refractivity contribution in [3.63, 3.8) is 0 Å². The molecule has 0 unspecified atom stereocenters. The van der Waals surface area contributed by atoms with Crippen molar-refractivity contribution in [1.82, 2.24) is 20.3 Å². The van der Waals surface area contributed by atoms with Crippen LogP contribution in [0.25, 0.3) is 0 Å². The van der Waals surface area contributed by atoms with Crippen molar-refractivity contribution in [2.45, 2.75) is 41.7 Å². The molecule has 0 radical (unpaired) electrons. The van der Waals surface area contributed by atoms with Gasteiger partial charge in [0.1, 0.15) is 0 Å². The van der Waals surface area contributed by atoms with Crippen LogP contribution in [0.15, 0.2) is 53.6 Å². The Bertz CT molecular complexity index is 1260. The monoisotopic (exact) mass is 587 g/mol. The molecule has 4 rings (SSSR count). The first-order valence-electron chi connectivity index (χ1n) is 14.1. The molecule has 12 heteroatoms. The summed E-state index contributed by atoms with van der Waals surface area (Å²) in [5.41, 5.74) is 3.44. The number of aromatic nitrogens is 1. The van der Waals surface area contributed by atoms with E-state index in [4.69, 9.17) is 4.74 Å². The number of hydrogen-bond donors (Lipinski definition) is 2. The molecule has 1 aromatic carbocycles. The maximum absolute atomic E-state index is 13.8. The van der Waals surface area contributed by atoms with Gasteiger partial charge in [0, 0.05) is 83.3 Å². The normalized spacial score (nSPS) is 18.2. The molecule has 2 aliphatic rings. The SMILES string of the molecule is COCCN1CCC(C(=O)NO)(S(=O)(=O)c2ccc(N3CCC(C(=O)N(C)CCc4ccccn4)CC3)cc2)CC1. The van der Waals surface area contributed by atoms with Gasteiger partial charge >= 0.3 is 0 Å². The van der Waals surface area contributed by atoms with Gasteiger partial charge < -0.3 is 19.4 Å². The number of hydroxylamine groups is 1. The molecule has 2 N–H and O–H groups in total. The van der Waals surface area contributed by atoms with Gasteiger partial charge in [-0.25, -0.2) is 13.9 Å². The van der Waals surface area contributed by atoms with Crippen LogP contribution in [0.4, 0.5) is 5.69 Å². The Morgan fingerprint density at radius 1 is 1.10 bits per heavy atom. The number of anilines is 1. The van der Waals surface area contributed by atoms with Gasteiger partial charge in [0.15, 0.2) is 14.6 Å². The van der Waals surface area contributed by atoms with Crippen LogP contribution in [0.2, 0.25) is 0 Å². The summed E-state index contributed by atoms with van der Waals surface area (Å²) in [4.78, 5) is 36.1. The molecule has 2 saturated heterocycles. The number of likely N-dealkylation sites (tertiary alicyclic amines) is 1. The number of hydrogen-bond acceptors (Lipinski definition) is 9. The zero-order valence-corrected chi connectivity index (χ0v) is 24.7. The van der Waals surface area contributed by atoms with E-state index in [0.717, 1.165) is 11.4 Å². The largest absolute Gasteiger partial charge is 0.383 e. The van der Waals surface area contributed by atoms with Crippen LogP contribution in [0.1, 0.15) is 31.4 Å². The first kappa shape index (κ1) is 30.9. The number of rotatable bonds is 11. The molecule has 0 aliphatic carbocycles. The number of piperidine rings is 2. The molecule has 2 aromatic rings. The van der Waals surface area contributed by atoms with E-state index in [0.29, 0.717) is 65.1 Å². The Balaban J connectivity index is 1.36. The van der Waals surface area contributed by atoms with Crippen molar-refractivity contribution in [2.24, 2.45) is 5.92 Å². The highest BCUT2D eigenvalue weighted by atomic mass is 32.2. The first-order valence-corrected chi connectivity index (χ1v) is 15.6. The number of ether oxygens (including phenoxy) is 1. The molecule has 0 atom stereocenters. The highest BCUT2D eigenvalue weighted by Gasteiger charge is 2.52. The minimum absolute atomic E-state index is 0.0498. The summed E-state index contributed by atoms with van der Waals surface area (Å²) in [6.07, 6.45) is 4.05. The van der Waals surface area contributed by atoms with Crippen LogP contribution in [0.5, 0.6) is 0 Å². The van der Waals surface area contributed by atoms with E-state index in [1.54, 1.807) is 35.8 Å². The second-order valence-corrected chi connectivity index (χ2v) is 13.1. The summed E-state index contributed by atoms with van der Waals surface area (Å²) in [5.74, 6) is -0.807. The van der Waals surface area contributed by atoms with E-state index >= 15 is 0 Å². The zero-order chi connectivity index (χ0) is 29.5. The third-order valence-corrected chi connectivity index (χ3v) is 11.0. The predicted molar refractivity (Wildman–Crippen MR) is 154 cm³/mol. The summed E-state index contributed by atoms with van der Waals surface area (Å²) in [6, 6.07) is 12.4. The van der Waals surface area contributed by atoms with E-state index in [9.17, 15) is 23.2 Å². The Labute approximate surface area is 242 Å². The van der Waals surface area contributed by atoms with Crippen molar-refractivity contribution < 1.29 is 28.0 Å². The summed E-state index contributed by atoms with van der Waals surface area (Å²) in [5, 5.41) is 9.43. The van der Waals surface area contributed by atoms with Gasteiger partial charge in [-0.15, -0.1) is 0 Å². The van der Waals surface area contributed by atoms with Gasteiger partial charge in [0.25, 0.3) is 5.91 Å². The van der Waals surface area contributed by atoms with E-state index in [2.05, 4.69) is 14.8 Å². The number of sulfone groups is 1. The Kier molecular flexibility index (Phi) is 10.3. The Hall–Kier alpha value is -3.06. The average molecular weight is 588 g/mol. The molecule has 0 spiro atoms. The van der Waals surface area contributed by atoms with Crippen molar-refractivity contribution in [1.29, 1.82) is 0 Å². The molecule has 0 saturated carbocycles. The molecule has 41 heavy (non-hydrogen) atoms. The minimum atomic E-state index is -4.08. The van der Waals surface area contributed by atoms with Gasteiger partial charge in [-0.2, -0.15) is 0 Å². The predicted octanol–water partition coefficient (Wildman–Crippen LogP) is 1.76. The fraction of sp³-hybridized carbons (Fsp3) is 0.552. The fourth-order valence-electron chi connectivity index (χ4n) is 5.77. The molecule has 1 aromatic heterocycles. The summed E-state index contributed by atoms with van der Waals surface area (Å²) < 4.78 is 30.9. The van der Waals surface area contributed by atoms with Crippen molar-refractivity contribution in [3.8, 4) is 0 Å². The van der Waals surface area contributed by atoms with Gasteiger partial charge in [-0.3, -0.25) is 19.8 Å². The van der Waals surface area contributed by atoms with Crippen LogP contribution < -0.4 is 10.4 Å². The molecular weight excluding hydrogens is 546 g/mol. The van der Waals surface area contributed by atoms with Gasteiger partial charge in [0.05, 0.1) is 11.5 Å². The number of amides is 2. The van der Waals surface area contributed by atoms with Gasteiger partial charge in [-0.05, 0) is 62.1 Å². The molecule has 11 nitrogen and oxygen atoms in total. The number of nitrogens with one attached hydrogen (secondary N) is 1. The lowest BCUT2D eigenvalue weighted by atomic mass is 9.95. The van der Waals surface area contributed by atoms with Crippen molar-refractivity contribution in [2.75, 3.05) is 64.9 Å². The summed E-state index contributed by atoms with van der Waals surface area (Å²) in [6.45, 7) is 3.95. The van der Waals surface area contributed by atoms with E-state index in [-0.39, 0.29) is 29.6 Å². The smallest absolute Gasteiger partial charge is 0.265 e. The Morgan fingerprint density at radius 3 is 2.37 bits per heavy atom. The second kappa shape index (κ2) is 13.7. The molecule has 3 heterocycles. The number of carbonyl (C=O) groups is 2. The number of carbonyl (C=O) groups excluding carboxylic acids is 2. The van der Waals surface area contributed by atoms with Gasteiger partial charge in [-0.1, -0.05) is 6.07 Å². The number of likely N-dealkylation sites (N-methyl/N-ethyl adjacent to an activating group) is 1. The topological polar surface area (TPSA) is 132 Å². The Morgan fingerprint density at radius 2 is 1.78 bits per heavy atom. The van der Waals surface area contributed by atoms with Crippen LogP contribution in [0.3, 0.4) is 0 Å². The van der Waals surface area contributed by atoms with Crippen molar-refractivity contribution in [3.05, 3.63) is 54.4 Å². The molecular formula is C29H41N5O6S. The number of nitrogens with zero attached hydrogens (tertiary/aromatic N) is 4. The lowest BCUT2D eigenvalue weighted by Gasteiger charge is -2.39. The number of pyridine rings is 1. The third kappa shape index (κ3) is 6.88. The maximum Gasteiger partial charge on any atom is 0.265 e. The van der Waals surface area contributed by atoms with Crippen LogP contribution in [-0.2, 0) is 30.6 Å². The maximum atomic E-state index is 13.8. The standard InChI is InChI=1S/C29H41N5O6S/c1-32(16-12-24-5-3-4-15-30-24)27(35)23-10-17-34(18-11-23)25-6-8-26(9-7-25)41(38,39)29(28(36)31-37)13-19-33(20-14-29)21-22-40-2/h3-9,15,23,37H,10-14,16-22H2,1-2H3,(H,31,36). The summed E-state index contributed by atoms with van der Waals surface area (Å²) >= 11 is 0. The molecule has 2 amide bonds. The van der Waals surface area contributed by atoms with Crippen LogP contribution >= 0.6 is 0 Å². The molecule has 224 valence electrons. The average Bonchev–Trinajstić information content (AvgIpc) is 3.02. The molecule has 2 fully saturated rings. The number of methoxy groups -OCH3 is 1. The second-order valence-electron chi connectivity index (χ2n) is 10.9. The highest BCUT2D eigenvalue weighted by Crippen LogP contribution is 2.37. The lowest BCUT2D eigenvalue weighted by molar-refractivity contribution is -0.135. The van der Waals surface area contributed by atoms with Crippen molar-refractivity contribution >= 4 is 27.3 Å². The van der Waals surface area contributed by atoms with Crippen LogP contribution in [-0.4, -0.2) is 105 Å². The van der Waals surface area contributed by atoms with Gasteiger partial charge in [0.2, 0.25) is 5.91 Å². The van der Waals surface area contributed by atoms with E-state index < -0.39 is 20.5 Å². The van der Waals surface area contributed by atoms with E-state index in [1.165, 1.54) is 12.1 Å². The molecule has 0 bridgehead atoms. The summed E-state index contributed by atoms with van der Waals surface area (Å²) in [7, 11) is -0.642. The van der Waals surface area contributed by atoms with E-state index in [1.807, 2.05) is 25.2 Å². The first-order chi connectivity index (χ1) is 19.7. The van der Waals surface area contributed by atoms with Crippen LogP contribution in [0, 0.1) is 5.92 Å². The number of benzene rings is 1. The molecule has 2 aliphatic heterocycles. The lowest BCUT2D eigenvalue weighted by Crippen LogP contribution is -2.58. The quantitative estimate of drug-likeness (QED) is 0.298. The minimum Gasteiger partial charge on any atom is -0.383 e.